The molecule has 1 atom stereocenters. The van der Waals surface area contributed by atoms with E-state index in [1.54, 1.807) is 0 Å². The van der Waals surface area contributed by atoms with Gasteiger partial charge in [-0.15, -0.1) is 6.58 Å². The Hall–Kier alpha value is -1.86. The molecule has 0 bridgehead atoms. The van der Waals surface area contributed by atoms with Crippen LogP contribution in [0, 0.1) is 11.8 Å². The minimum atomic E-state index is -4.02. The topological polar surface area (TPSA) is 66.8 Å². The van der Waals surface area contributed by atoms with Crippen LogP contribution in [-0.2, 0) is 9.53 Å². The third-order valence-corrected chi connectivity index (χ3v) is 4.30. The third kappa shape index (κ3) is 19.8. The minimum Gasteiger partial charge on any atom is -0.457 e. The van der Waals surface area contributed by atoms with Gasteiger partial charge in [0, 0.05) is 6.42 Å². The zero-order chi connectivity index (χ0) is 23.5. The van der Waals surface area contributed by atoms with Crippen molar-refractivity contribution in [3.05, 3.63) is 49.1 Å². The second-order valence-electron chi connectivity index (χ2n) is 7.51. The van der Waals surface area contributed by atoms with Gasteiger partial charge in [0.2, 0.25) is 0 Å². The normalized spacial score (nSPS) is 15.5. The molecule has 1 fully saturated rings. The summed E-state index contributed by atoms with van der Waals surface area (Å²) in [7, 11) is 0. The van der Waals surface area contributed by atoms with Crippen molar-refractivity contribution in [3.8, 4) is 0 Å². The van der Waals surface area contributed by atoms with E-state index in [0.29, 0.717) is 18.8 Å². The number of aliphatic hydroxyl groups excluding tert-OH is 2. The van der Waals surface area contributed by atoms with Crippen molar-refractivity contribution < 1.29 is 32.9 Å². The van der Waals surface area contributed by atoms with Crippen LogP contribution in [0.3, 0.4) is 0 Å². The molecule has 0 aromatic heterocycles. The maximum Gasteiger partial charge on any atom is 0.389 e. The highest BCUT2D eigenvalue weighted by Gasteiger charge is 2.32. The van der Waals surface area contributed by atoms with E-state index in [-0.39, 0.29) is 31.5 Å². The molecule has 0 aromatic carbocycles. The highest BCUT2D eigenvalue weighted by atomic mass is 19.4. The molecule has 0 aliphatic heterocycles. The number of esters is 1. The number of hydrogen-bond acceptors (Lipinski definition) is 4. The number of alkyl halides is 3. The van der Waals surface area contributed by atoms with Gasteiger partial charge in [-0.05, 0) is 50.9 Å². The summed E-state index contributed by atoms with van der Waals surface area (Å²) in [5.74, 6) is 0.0547. The van der Waals surface area contributed by atoms with Crippen molar-refractivity contribution in [1.29, 1.82) is 0 Å². The zero-order valence-electron chi connectivity index (χ0n) is 18.4. The fraction of sp³-hybridized carbons (Fsp3) is 0.625. The highest BCUT2D eigenvalue weighted by Crippen LogP contribution is 2.30. The quantitative estimate of drug-likeness (QED) is 0.205. The maximum atomic E-state index is 11.9. The van der Waals surface area contributed by atoms with Crippen molar-refractivity contribution in [3.63, 3.8) is 0 Å². The molecule has 1 rings (SSSR count). The van der Waals surface area contributed by atoms with Crippen LogP contribution in [0.5, 0.6) is 0 Å². The molecule has 0 heterocycles. The molecule has 31 heavy (non-hydrogen) atoms. The van der Waals surface area contributed by atoms with Gasteiger partial charge in [0.05, 0.1) is 19.1 Å². The van der Waals surface area contributed by atoms with E-state index >= 15 is 0 Å². The fourth-order valence-electron chi connectivity index (χ4n) is 2.33. The van der Waals surface area contributed by atoms with Crippen LogP contribution in [0.2, 0.25) is 0 Å². The van der Waals surface area contributed by atoms with Gasteiger partial charge in [0.1, 0.15) is 6.10 Å². The van der Waals surface area contributed by atoms with Gasteiger partial charge < -0.3 is 14.9 Å². The SMILES string of the molecule is C=CC/C=C\C/C=C\C(C)/C=C\CCCCC(F)(F)F.O=C(OC(CO)CO)C1CC1. The summed E-state index contributed by atoms with van der Waals surface area (Å²) in [6, 6.07) is 0. The molecule has 4 nitrogen and oxygen atoms in total. The first-order chi connectivity index (χ1) is 14.7. The number of carbonyl (C=O) groups is 1. The van der Waals surface area contributed by atoms with E-state index in [1.165, 1.54) is 0 Å². The average molecular weight is 447 g/mol. The number of aliphatic hydroxyl groups is 2. The summed E-state index contributed by atoms with van der Waals surface area (Å²) in [5, 5.41) is 17.1. The Kier molecular flexibility index (Phi) is 16.7. The van der Waals surface area contributed by atoms with Crippen molar-refractivity contribution in [2.75, 3.05) is 13.2 Å². The molecule has 7 heteroatoms. The van der Waals surface area contributed by atoms with E-state index in [2.05, 4.69) is 37.8 Å². The first-order valence-electron chi connectivity index (χ1n) is 10.8. The second-order valence-corrected chi connectivity index (χ2v) is 7.51. The predicted molar refractivity (Wildman–Crippen MR) is 117 cm³/mol. The second kappa shape index (κ2) is 17.8. The molecule has 1 aliphatic carbocycles. The van der Waals surface area contributed by atoms with Gasteiger partial charge in [-0.25, -0.2) is 0 Å². The van der Waals surface area contributed by atoms with Crippen LogP contribution in [0.15, 0.2) is 49.1 Å². The molecule has 178 valence electrons. The Balaban J connectivity index is 0.000000683. The van der Waals surface area contributed by atoms with E-state index in [4.69, 9.17) is 14.9 Å². The monoisotopic (exact) mass is 446 g/mol. The molecule has 1 saturated carbocycles. The van der Waals surface area contributed by atoms with Crippen molar-refractivity contribution in [2.24, 2.45) is 11.8 Å². The van der Waals surface area contributed by atoms with Gasteiger partial charge in [-0.1, -0.05) is 49.5 Å². The molecule has 0 aromatic rings. The molecular weight excluding hydrogens is 409 g/mol. The number of rotatable bonds is 14. The first kappa shape index (κ1) is 29.1. The average Bonchev–Trinajstić information content (AvgIpc) is 3.56. The molecule has 0 spiro atoms. The van der Waals surface area contributed by atoms with Crippen LogP contribution >= 0.6 is 0 Å². The molecule has 0 amide bonds. The van der Waals surface area contributed by atoms with Gasteiger partial charge in [-0.3, -0.25) is 4.79 Å². The molecule has 1 unspecified atom stereocenters. The highest BCUT2D eigenvalue weighted by molar-refractivity contribution is 5.75. The van der Waals surface area contributed by atoms with Gasteiger partial charge >= 0.3 is 12.1 Å². The number of unbranched alkanes of at least 4 members (excludes halogenated alkanes) is 2. The summed E-state index contributed by atoms with van der Waals surface area (Å²) in [4.78, 5) is 10.9. The summed E-state index contributed by atoms with van der Waals surface area (Å²) < 4.78 is 40.5. The van der Waals surface area contributed by atoms with Crippen LogP contribution < -0.4 is 0 Å². The van der Waals surface area contributed by atoms with Crippen LogP contribution in [-0.4, -0.2) is 41.7 Å². The van der Waals surface area contributed by atoms with Crippen LogP contribution in [0.1, 0.15) is 58.3 Å². The van der Waals surface area contributed by atoms with E-state index in [9.17, 15) is 18.0 Å². The van der Waals surface area contributed by atoms with Crippen molar-refractivity contribution in [1.82, 2.24) is 0 Å². The van der Waals surface area contributed by atoms with Crippen LogP contribution in [0.25, 0.3) is 0 Å². The smallest absolute Gasteiger partial charge is 0.389 e. The number of carbonyl (C=O) groups excluding carboxylic acids is 1. The lowest BCUT2D eigenvalue weighted by molar-refractivity contribution is -0.155. The van der Waals surface area contributed by atoms with Crippen molar-refractivity contribution in [2.45, 2.75) is 70.6 Å². The van der Waals surface area contributed by atoms with Gasteiger partial charge in [0.15, 0.2) is 0 Å². The Bertz CT molecular complexity index is 560. The number of allylic oxidation sites excluding steroid dienone is 7. The standard InChI is InChI=1S/C17H25F3.C7H12O4/c1-3-4-5-6-7-10-13-16(2)14-11-8-9-12-15-17(18,19)20;8-3-6(4-9)11-7(10)5-1-2-5/h3,5-6,10-11,13-14,16H,1,4,7-9,12,15H2,2H3;5-6,8-9H,1-4H2/b6-5-,13-10-,14-11-;. The Labute approximate surface area is 184 Å². The summed E-state index contributed by atoms with van der Waals surface area (Å²) in [6.07, 6.45) is 13.9. The Morgan fingerprint density at radius 1 is 1.06 bits per heavy atom. The number of ether oxygens (including phenoxy) is 1. The Morgan fingerprint density at radius 2 is 1.68 bits per heavy atom. The molecule has 2 N–H and O–H groups in total. The van der Waals surface area contributed by atoms with E-state index in [1.807, 2.05) is 18.2 Å². The van der Waals surface area contributed by atoms with Gasteiger partial charge in [0.25, 0.3) is 0 Å². The number of hydrogen-bond donors (Lipinski definition) is 2. The first-order valence-corrected chi connectivity index (χ1v) is 10.8. The minimum absolute atomic E-state index is 0.0237. The lowest BCUT2D eigenvalue weighted by Gasteiger charge is -2.11. The van der Waals surface area contributed by atoms with Crippen molar-refractivity contribution >= 4 is 5.97 Å². The molecule has 0 radical (unpaired) electrons. The fourth-order valence-corrected chi connectivity index (χ4v) is 2.33. The summed E-state index contributed by atoms with van der Waals surface area (Å²) in [6.45, 7) is 5.08. The molecular formula is C24H37F3O4. The lowest BCUT2D eigenvalue weighted by atomic mass is 10.1. The predicted octanol–water partition coefficient (Wildman–Crippen LogP) is 5.67. The third-order valence-electron chi connectivity index (χ3n) is 4.30. The Morgan fingerprint density at radius 3 is 2.23 bits per heavy atom. The van der Waals surface area contributed by atoms with Crippen LogP contribution in [0.4, 0.5) is 13.2 Å². The lowest BCUT2D eigenvalue weighted by Crippen LogP contribution is -2.26. The maximum absolute atomic E-state index is 11.9. The molecule has 0 saturated heterocycles. The zero-order valence-corrected chi connectivity index (χ0v) is 18.4. The van der Waals surface area contributed by atoms with Gasteiger partial charge in [-0.2, -0.15) is 13.2 Å². The van der Waals surface area contributed by atoms with E-state index < -0.39 is 18.7 Å². The summed E-state index contributed by atoms with van der Waals surface area (Å²) in [5.41, 5.74) is 0. The summed E-state index contributed by atoms with van der Waals surface area (Å²) >= 11 is 0. The van der Waals surface area contributed by atoms with E-state index in [0.717, 1.165) is 25.7 Å². The largest absolute Gasteiger partial charge is 0.457 e. The number of halogens is 3. The molecule has 1 aliphatic rings.